The quantitative estimate of drug-likeness (QED) is 0.497. The van der Waals surface area contributed by atoms with Gasteiger partial charge in [0.05, 0.1) is 5.56 Å². The Labute approximate surface area is 164 Å². The molecule has 1 aliphatic heterocycles. The fourth-order valence-electron chi connectivity index (χ4n) is 2.74. The summed E-state index contributed by atoms with van der Waals surface area (Å²) in [6.45, 7) is 0.298. The van der Waals surface area contributed by atoms with Crippen molar-refractivity contribution >= 4 is 27.8 Å². The van der Waals surface area contributed by atoms with Crippen molar-refractivity contribution in [1.82, 2.24) is 0 Å². The maximum absolute atomic E-state index is 13.0. The summed E-state index contributed by atoms with van der Waals surface area (Å²) < 4.78 is 25.3. The van der Waals surface area contributed by atoms with E-state index in [1.807, 2.05) is 24.3 Å². The van der Waals surface area contributed by atoms with Crippen LogP contribution in [0.5, 0.6) is 11.5 Å². The maximum Gasteiger partial charge on any atom is 0.231 e. The third-order valence-electron chi connectivity index (χ3n) is 4.15. The van der Waals surface area contributed by atoms with E-state index < -0.39 is 0 Å². The number of carbonyl (C=O) groups excluding carboxylic acids is 1. The number of hydrogen-bond acceptors (Lipinski definition) is 3. The average Bonchev–Trinajstić information content (AvgIpc) is 2.98. The fourth-order valence-corrected chi connectivity index (χ4v) is 3.14. The average molecular weight is 425 g/mol. The van der Waals surface area contributed by atoms with E-state index in [0.29, 0.717) is 23.7 Å². The second kappa shape index (κ2) is 7.37. The molecule has 3 aromatic rings. The predicted molar refractivity (Wildman–Crippen MR) is 104 cm³/mol. The molecule has 27 heavy (non-hydrogen) atoms. The molecule has 0 bridgehead atoms. The van der Waals surface area contributed by atoms with Gasteiger partial charge in [-0.1, -0.05) is 46.3 Å². The van der Waals surface area contributed by atoms with Crippen molar-refractivity contribution in [2.45, 2.75) is 6.61 Å². The van der Waals surface area contributed by atoms with Crippen LogP contribution >= 0.6 is 15.9 Å². The molecule has 0 aromatic heterocycles. The molecule has 1 aliphatic rings. The van der Waals surface area contributed by atoms with Gasteiger partial charge in [0.1, 0.15) is 23.9 Å². The molecule has 0 fully saturated rings. The zero-order valence-electron chi connectivity index (χ0n) is 14.1. The molecule has 4 rings (SSSR count). The van der Waals surface area contributed by atoms with Gasteiger partial charge < -0.3 is 9.47 Å². The lowest BCUT2D eigenvalue weighted by atomic mass is 10.1. The van der Waals surface area contributed by atoms with E-state index in [4.69, 9.17) is 9.47 Å². The summed E-state index contributed by atoms with van der Waals surface area (Å²) in [5.41, 5.74) is 2.22. The minimum Gasteiger partial charge on any atom is -0.489 e. The number of allylic oxidation sites excluding steroid dienone is 1. The summed E-state index contributed by atoms with van der Waals surface area (Å²) in [4.78, 5) is 12.6. The van der Waals surface area contributed by atoms with Gasteiger partial charge in [-0.05, 0) is 47.5 Å². The lowest BCUT2D eigenvalue weighted by Crippen LogP contribution is -1.98. The summed E-state index contributed by atoms with van der Waals surface area (Å²) >= 11 is 3.46. The van der Waals surface area contributed by atoms with Gasteiger partial charge in [0, 0.05) is 10.5 Å². The monoisotopic (exact) mass is 424 g/mol. The smallest absolute Gasteiger partial charge is 0.231 e. The number of hydrogen-bond donors (Lipinski definition) is 0. The van der Waals surface area contributed by atoms with Crippen LogP contribution < -0.4 is 9.47 Å². The van der Waals surface area contributed by atoms with Gasteiger partial charge in [-0.25, -0.2) is 4.39 Å². The van der Waals surface area contributed by atoms with E-state index in [0.717, 1.165) is 15.6 Å². The highest BCUT2D eigenvalue weighted by molar-refractivity contribution is 9.10. The van der Waals surface area contributed by atoms with E-state index >= 15 is 0 Å². The first kappa shape index (κ1) is 17.5. The minimum atomic E-state index is -0.285. The standard InChI is InChI=1S/C22H14BrFO3/c23-19-4-2-1-3-15(19)11-21-22(25)18-10-9-17(12-20(18)27-21)26-13-14-5-7-16(24)8-6-14/h1-12H,13H2. The number of Topliss-reactive ketones (excluding diaryl/α,β-unsaturated/α-hetero) is 1. The lowest BCUT2D eigenvalue weighted by Gasteiger charge is -2.07. The first-order valence-electron chi connectivity index (χ1n) is 8.30. The van der Waals surface area contributed by atoms with E-state index in [2.05, 4.69) is 15.9 Å². The van der Waals surface area contributed by atoms with Gasteiger partial charge in [0.2, 0.25) is 5.78 Å². The number of carbonyl (C=O) groups is 1. The highest BCUT2D eigenvalue weighted by Gasteiger charge is 2.27. The van der Waals surface area contributed by atoms with Crippen molar-refractivity contribution in [2.24, 2.45) is 0 Å². The predicted octanol–water partition coefficient (Wildman–Crippen LogP) is 5.78. The van der Waals surface area contributed by atoms with Crippen molar-refractivity contribution in [3.8, 4) is 11.5 Å². The summed E-state index contributed by atoms with van der Waals surface area (Å²) in [5, 5.41) is 0. The largest absolute Gasteiger partial charge is 0.489 e. The number of ether oxygens (including phenoxy) is 2. The first-order valence-corrected chi connectivity index (χ1v) is 9.09. The van der Waals surface area contributed by atoms with Gasteiger partial charge in [0.15, 0.2) is 5.76 Å². The van der Waals surface area contributed by atoms with Crippen LogP contribution in [0, 0.1) is 5.82 Å². The number of fused-ring (bicyclic) bond motifs is 1. The molecule has 0 atom stereocenters. The van der Waals surface area contributed by atoms with E-state index in [1.54, 1.807) is 36.4 Å². The molecule has 3 aromatic carbocycles. The lowest BCUT2D eigenvalue weighted by molar-refractivity contribution is 0.101. The highest BCUT2D eigenvalue weighted by Crippen LogP contribution is 2.35. The van der Waals surface area contributed by atoms with E-state index in [9.17, 15) is 9.18 Å². The van der Waals surface area contributed by atoms with Gasteiger partial charge >= 0.3 is 0 Å². The maximum atomic E-state index is 13.0. The number of ketones is 1. The Balaban J connectivity index is 1.52. The van der Waals surface area contributed by atoms with Crippen LogP contribution in [0.25, 0.3) is 6.08 Å². The Morgan fingerprint density at radius 3 is 2.59 bits per heavy atom. The van der Waals surface area contributed by atoms with Gasteiger partial charge in [-0.3, -0.25) is 4.79 Å². The Morgan fingerprint density at radius 2 is 1.81 bits per heavy atom. The molecule has 0 saturated heterocycles. The van der Waals surface area contributed by atoms with Crippen LogP contribution in [0.2, 0.25) is 0 Å². The van der Waals surface area contributed by atoms with Gasteiger partial charge in [0.25, 0.3) is 0 Å². The second-order valence-electron chi connectivity index (χ2n) is 6.03. The molecule has 3 nitrogen and oxygen atoms in total. The molecule has 0 aliphatic carbocycles. The summed E-state index contributed by atoms with van der Waals surface area (Å²) in [6.07, 6.45) is 1.71. The van der Waals surface area contributed by atoms with Crippen LogP contribution in [0.15, 0.2) is 77.0 Å². The highest BCUT2D eigenvalue weighted by atomic mass is 79.9. The Bertz CT molecular complexity index is 1040. The van der Waals surface area contributed by atoms with Crippen molar-refractivity contribution < 1.29 is 18.7 Å². The van der Waals surface area contributed by atoms with Crippen molar-refractivity contribution in [3.05, 3.63) is 99.5 Å². The summed E-state index contributed by atoms with van der Waals surface area (Å²) in [5.74, 6) is 0.869. The molecule has 0 radical (unpaired) electrons. The Morgan fingerprint density at radius 1 is 1.04 bits per heavy atom. The number of benzene rings is 3. The Hall–Kier alpha value is -2.92. The zero-order chi connectivity index (χ0) is 18.8. The molecule has 0 spiro atoms. The fraction of sp³-hybridized carbons (Fsp3) is 0.0455. The van der Waals surface area contributed by atoms with Crippen LogP contribution in [0.3, 0.4) is 0 Å². The Kier molecular flexibility index (Phi) is 4.77. The van der Waals surface area contributed by atoms with Crippen LogP contribution in [-0.2, 0) is 6.61 Å². The molecule has 134 valence electrons. The van der Waals surface area contributed by atoms with E-state index in [1.165, 1.54) is 12.1 Å². The molecule has 0 saturated carbocycles. The molecule has 0 unspecified atom stereocenters. The van der Waals surface area contributed by atoms with Crippen LogP contribution in [0.1, 0.15) is 21.5 Å². The molecule has 0 N–H and O–H groups in total. The molecule has 1 heterocycles. The van der Waals surface area contributed by atoms with Crippen molar-refractivity contribution in [1.29, 1.82) is 0 Å². The van der Waals surface area contributed by atoms with Crippen molar-refractivity contribution in [3.63, 3.8) is 0 Å². The van der Waals surface area contributed by atoms with Crippen molar-refractivity contribution in [2.75, 3.05) is 0 Å². The third-order valence-corrected chi connectivity index (χ3v) is 4.87. The topological polar surface area (TPSA) is 35.5 Å². The van der Waals surface area contributed by atoms with Crippen LogP contribution in [-0.4, -0.2) is 5.78 Å². The second-order valence-corrected chi connectivity index (χ2v) is 6.89. The summed E-state index contributed by atoms with van der Waals surface area (Å²) in [6, 6.07) is 18.8. The van der Waals surface area contributed by atoms with E-state index in [-0.39, 0.29) is 17.4 Å². The van der Waals surface area contributed by atoms with Crippen LogP contribution in [0.4, 0.5) is 4.39 Å². The van der Waals surface area contributed by atoms with Gasteiger partial charge in [-0.2, -0.15) is 0 Å². The zero-order valence-corrected chi connectivity index (χ0v) is 15.7. The summed E-state index contributed by atoms with van der Waals surface area (Å²) in [7, 11) is 0. The molecule has 0 amide bonds. The first-order chi connectivity index (χ1) is 13.1. The SMILES string of the molecule is O=C1C(=Cc2ccccc2Br)Oc2cc(OCc3ccc(F)cc3)ccc21. The third kappa shape index (κ3) is 3.78. The number of halogens is 2. The minimum absolute atomic E-state index is 0.161. The molecule has 5 heteroatoms. The van der Waals surface area contributed by atoms with Gasteiger partial charge in [-0.15, -0.1) is 0 Å². The molecular weight excluding hydrogens is 411 g/mol. The normalized spacial score (nSPS) is 14.1. The number of rotatable bonds is 4. The molecular formula is C22H14BrFO3.